The van der Waals surface area contributed by atoms with E-state index in [1.54, 1.807) is 7.05 Å². The molecule has 0 spiro atoms. The van der Waals surface area contributed by atoms with Gasteiger partial charge in [-0.2, -0.15) is 0 Å². The highest BCUT2D eigenvalue weighted by Gasteiger charge is 2.19. The summed E-state index contributed by atoms with van der Waals surface area (Å²) < 4.78 is 3.82. The first-order valence-electron chi connectivity index (χ1n) is 11.5. The van der Waals surface area contributed by atoms with Crippen molar-refractivity contribution in [2.45, 2.75) is 25.9 Å². The van der Waals surface area contributed by atoms with Crippen molar-refractivity contribution >= 4 is 22.8 Å². The highest BCUT2D eigenvalue weighted by Crippen LogP contribution is 2.15. The van der Waals surface area contributed by atoms with Crippen LogP contribution in [-0.2, 0) is 31.9 Å². The molecule has 1 atom stereocenters. The van der Waals surface area contributed by atoms with E-state index in [1.807, 2.05) is 44.3 Å². The summed E-state index contributed by atoms with van der Waals surface area (Å²) in [7, 11) is 4.97. The molecular weight excluding hydrogens is 444 g/mol. The molecule has 0 aliphatic rings. The maximum absolute atomic E-state index is 13.1. The molecule has 2 aromatic heterocycles. The van der Waals surface area contributed by atoms with Crippen molar-refractivity contribution < 1.29 is 4.79 Å². The number of hydrogen-bond acceptors (Lipinski definition) is 5. The fourth-order valence-electron chi connectivity index (χ4n) is 4.24. The second-order valence-electron chi connectivity index (χ2n) is 8.92. The number of fused-ring (bicyclic) bond motifs is 1. The maximum Gasteiger partial charge on any atom is 0.332 e. The van der Waals surface area contributed by atoms with E-state index in [2.05, 4.69) is 39.5 Å². The van der Waals surface area contributed by atoms with Crippen LogP contribution >= 0.6 is 0 Å². The van der Waals surface area contributed by atoms with Crippen LogP contribution in [0.3, 0.4) is 0 Å². The molecule has 0 unspecified atom stereocenters. The number of nitrogens with zero attached hydrogens (tertiary/aromatic N) is 5. The topological polar surface area (TPSA) is 94.2 Å². The molecule has 9 nitrogen and oxygen atoms in total. The minimum absolute atomic E-state index is 0.0799. The Balaban J connectivity index is 1.55. The van der Waals surface area contributed by atoms with Crippen LogP contribution in [0.2, 0.25) is 0 Å². The summed E-state index contributed by atoms with van der Waals surface area (Å²) in [4.78, 5) is 44.3. The highest BCUT2D eigenvalue weighted by molar-refractivity contribution is 5.79. The second-order valence-corrected chi connectivity index (χ2v) is 8.92. The number of carbonyl (C=O) groups is 1. The highest BCUT2D eigenvalue weighted by atomic mass is 16.2. The minimum Gasteiger partial charge on any atom is -0.373 e. The Morgan fingerprint density at radius 1 is 1.03 bits per heavy atom. The number of aryl methyl sites for hydroxylation is 2. The number of rotatable bonds is 8. The van der Waals surface area contributed by atoms with Gasteiger partial charge in [0.15, 0.2) is 11.2 Å². The quantitative estimate of drug-likeness (QED) is 0.419. The summed E-state index contributed by atoms with van der Waals surface area (Å²) in [6.45, 7) is 2.57. The molecule has 4 rings (SSSR count). The van der Waals surface area contributed by atoms with Gasteiger partial charge in [-0.25, -0.2) is 9.78 Å². The van der Waals surface area contributed by atoms with Crippen molar-refractivity contribution in [3.8, 4) is 0 Å². The fraction of sp³-hybridized carbons (Fsp3) is 0.308. The minimum atomic E-state index is -0.478. The number of carbonyl (C=O) groups excluding carboxylic acids is 1. The largest absolute Gasteiger partial charge is 0.373 e. The van der Waals surface area contributed by atoms with Crippen molar-refractivity contribution in [1.82, 2.24) is 24.0 Å². The van der Waals surface area contributed by atoms with E-state index in [9.17, 15) is 14.4 Å². The molecule has 0 fully saturated rings. The van der Waals surface area contributed by atoms with E-state index < -0.39 is 11.2 Å². The Labute approximate surface area is 203 Å². The first-order valence-corrected chi connectivity index (χ1v) is 11.5. The molecule has 0 bridgehead atoms. The van der Waals surface area contributed by atoms with Crippen LogP contribution in [-0.4, -0.2) is 44.2 Å². The third-order valence-corrected chi connectivity index (χ3v) is 6.19. The van der Waals surface area contributed by atoms with Gasteiger partial charge >= 0.3 is 5.69 Å². The van der Waals surface area contributed by atoms with Gasteiger partial charge in [0.25, 0.3) is 5.56 Å². The van der Waals surface area contributed by atoms with Crippen LogP contribution in [0.5, 0.6) is 0 Å². The van der Waals surface area contributed by atoms with E-state index >= 15 is 0 Å². The Bertz CT molecular complexity index is 1450. The summed E-state index contributed by atoms with van der Waals surface area (Å²) >= 11 is 0. The Kier molecular flexibility index (Phi) is 6.86. The molecule has 9 heteroatoms. The maximum atomic E-state index is 13.1. The fourth-order valence-corrected chi connectivity index (χ4v) is 4.24. The zero-order valence-corrected chi connectivity index (χ0v) is 20.4. The Morgan fingerprint density at radius 3 is 2.40 bits per heavy atom. The predicted molar refractivity (Wildman–Crippen MR) is 137 cm³/mol. The zero-order chi connectivity index (χ0) is 25.1. The van der Waals surface area contributed by atoms with Gasteiger partial charge in [0.05, 0.1) is 12.4 Å². The first kappa shape index (κ1) is 24.0. The molecular formula is C26H30N6O3. The Hall–Kier alpha value is -4.14. The summed E-state index contributed by atoms with van der Waals surface area (Å²) in [5.41, 5.74) is 2.91. The van der Waals surface area contributed by atoms with Crippen LogP contribution < -0.4 is 21.5 Å². The third-order valence-electron chi connectivity index (χ3n) is 6.19. The number of nitrogens with one attached hydrogen (secondary N) is 1. The van der Waals surface area contributed by atoms with Crippen LogP contribution in [0.15, 0.2) is 70.5 Å². The average molecular weight is 475 g/mol. The number of amides is 1. The normalized spacial score (nSPS) is 12.0. The number of benzene rings is 2. The van der Waals surface area contributed by atoms with Crippen molar-refractivity contribution in [2.75, 3.05) is 18.5 Å². The average Bonchev–Trinajstić information content (AvgIpc) is 3.25. The molecule has 182 valence electrons. The monoisotopic (exact) mass is 474 g/mol. The molecule has 1 N–H and O–H groups in total. The lowest BCUT2D eigenvalue weighted by Gasteiger charge is -2.27. The smallest absolute Gasteiger partial charge is 0.332 e. The van der Waals surface area contributed by atoms with Crippen LogP contribution in [0.4, 0.5) is 5.69 Å². The molecule has 0 aliphatic heterocycles. The number of hydrogen-bond donors (Lipinski definition) is 1. The van der Waals surface area contributed by atoms with Gasteiger partial charge in [-0.05, 0) is 31.0 Å². The van der Waals surface area contributed by atoms with E-state index in [-0.39, 0.29) is 29.7 Å². The number of anilines is 1. The first-order chi connectivity index (χ1) is 16.7. The summed E-state index contributed by atoms with van der Waals surface area (Å²) in [5.74, 6) is -0.238. The second kappa shape index (κ2) is 10.0. The predicted octanol–water partition coefficient (Wildman–Crippen LogP) is 1.61. The third kappa shape index (κ3) is 5.18. The summed E-state index contributed by atoms with van der Waals surface area (Å²) in [6.07, 6.45) is 2.08. The van der Waals surface area contributed by atoms with E-state index in [0.717, 1.165) is 15.8 Å². The Morgan fingerprint density at radius 2 is 1.71 bits per heavy atom. The summed E-state index contributed by atoms with van der Waals surface area (Å²) in [6, 6.07) is 18.1. The van der Waals surface area contributed by atoms with Crippen molar-refractivity contribution in [1.29, 1.82) is 0 Å². The molecule has 0 saturated heterocycles. The van der Waals surface area contributed by atoms with Gasteiger partial charge in [-0.3, -0.25) is 18.7 Å². The van der Waals surface area contributed by atoms with E-state index in [1.165, 1.54) is 28.1 Å². The zero-order valence-electron chi connectivity index (χ0n) is 20.4. The number of likely N-dealkylation sites (N-methyl/N-ethyl adjacent to an activating group) is 1. The summed E-state index contributed by atoms with van der Waals surface area (Å²) in [5, 5.41) is 3.13. The molecule has 0 aliphatic carbocycles. The van der Waals surface area contributed by atoms with Crippen molar-refractivity contribution in [2.24, 2.45) is 14.1 Å². The van der Waals surface area contributed by atoms with Gasteiger partial charge in [-0.1, -0.05) is 48.0 Å². The van der Waals surface area contributed by atoms with Crippen LogP contribution in [0.25, 0.3) is 11.2 Å². The molecule has 35 heavy (non-hydrogen) atoms. The van der Waals surface area contributed by atoms with Gasteiger partial charge < -0.3 is 14.8 Å². The number of imidazole rings is 1. The lowest BCUT2D eigenvalue weighted by molar-refractivity contribution is -0.122. The van der Waals surface area contributed by atoms with Crippen LogP contribution in [0.1, 0.15) is 11.1 Å². The SMILES string of the molecule is Cc1ccc(N(C)C[C@H](Cc2ccccc2)NC(=O)Cn2cnc3c2c(=O)n(C)c(=O)n3C)cc1. The van der Waals surface area contributed by atoms with Gasteiger partial charge in [0.2, 0.25) is 5.91 Å². The lowest BCUT2D eigenvalue weighted by atomic mass is 10.0. The van der Waals surface area contributed by atoms with E-state index in [0.29, 0.717) is 13.0 Å². The van der Waals surface area contributed by atoms with Crippen molar-refractivity contribution in [3.63, 3.8) is 0 Å². The van der Waals surface area contributed by atoms with E-state index in [4.69, 9.17) is 0 Å². The molecule has 2 heterocycles. The van der Waals surface area contributed by atoms with Gasteiger partial charge in [0.1, 0.15) is 6.54 Å². The lowest BCUT2D eigenvalue weighted by Crippen LogP contribution is -2.45. The molecule has 1 amide bonds. The molecule has 4 aromatic rings. The van der Waals surface area contributed by atoms with Gasteiger partial charge in [0, 0.05) is 33.4 Å². The molecule has 0 radical (unpaired) electrons. The molecule has 2 aromatic carbocycles. The number of aromatic nitrogens is 4. The van der Waals surface area contributed by atoms with Crippen LogP contribution in [0, 0.1) is 6.92 Å². The van der Waals surface area contributed by atoms with Gasteiger partial charge in [-0.15, -0.1) is 0 Å². The molecule has 0 saturated carbocycles. The van der Waals surface area contributed by atoms with Crippen molar-refractivity contribution in [3.05, 3.63) is 92.9 Å². The standard InChI is InChI=1S/C26H30N6O3/c1-18-10-12-21(13-11-18)29(2)15-20(14-19-8-6-5-7-9-19)28-22(33)16-32-17-27-24-23(32)25(34)31(4)26(35)30(24)3/h5-13,17,20H,14-16H2,1-4H3,(H,28,33)/t20-/m0/s1.